The lowest BCUT2D eigenvalue weighted by atomic mass is 10.1. The molecule has 1 unspecified atom stereocenters. The van der Waals surface area contributed by atoms with Crippen LogP contribution >= 0.6 is 11.3 Å². The first-order chi connectivity index (χ1) is 9.56. The lowest BCUT2D eigenvalue weighted by molar-refractivity contribution is -0.137. The van der Waals surface area contributed by atoms with Gasteiger partial charge in [-0.05, 0) is 6.92 Å². The fourth-order valence-corrected chi connectivity index (χ4v) is 2.63. The van der Waals surface area contributed by atoms with Gasteiger partial charge in [0.25, 0.3) is 5.78 Å². The Balaban J connectivity index is 2.14. The van der Waals surface area contributed by atoms with Crippen molar-refractivity contribution in [2.24, 2.45) is 5.92 Å². The molecule has 1 atom stereocenters. The zero-order chi connectivity index (χ0) is 14.7. The molecule has 1 aliphatic heterocycles. The first kappa shape index (κ1) is 14.2. The van der Waals surface area contributed by atoms with Crippen LogP contribution in [0.4, 0.5) is 5.13 Å². The van der Waals surface area contributed by atoms with Crippen LogP contribution in [0.15, 0.2) is 5.38 Å². The molecule has 2 rings (SSSR count). The number of nitrogens with zero attached hydrogens (tertiary/aromatic N) is 2. The monoisotopic (exact) mass is 292 g/mol. The summed E-state index contributed by atoms with van der Waals surface area (Å²) in [6.45, 7) is 2.12. The zero-order valence-corrected chi connectivity index (χ0v) is 11.6. The summed E-state index contributed by atoms with van der Waals surface area (Å²) in [6.07, 6.45) is 5.58. The van der Waals surface area contributed by atoms with E-state index in [0.29, 0.717) is 11.7 Å². The van der Waals surface area contributed by atoms with E-state index in [9.17, 15) is 14.4 Å². The Bertz CT molecular complexity index is 602. The average molecular weight is 292 g/mol. The number of anilines is 1. The molecule has 0 aliphatic carbocycles. The number of carbonyl (C=O) groups is 3. The van der Waals surface area contributed by atoms with Crippen molar-refractivity contribution in [2.75, 3.05) is 18.1 Å². The Morgan fingerprint density at radius 3 is 3.00 bits per heavy atom. The fraction of sp³-hybridized carbons (Fsp3) is 0.385. The third-order valence-corrected chi connectivity index (χ3v) is 3.64. The SMILES string of the molecule is C#CC1CC(=O)N(c2nc(C(=O)C(=O)OCC)cs2)C1. The molecule has 20 heavy (non-hydrogen) atoms. The number of terminal acetylenes is 1. The molecule has 1 aromatic rings. The number of amides is 1. The average Bonchev–Trinajstić information content (AvgIpc) is 3.04. The predicted molar refractivity (Wildman–Crippen MR) is 72.4 cm³/mol. The van der Waals surface area contributed by atoms with Gasteiger partial charge in [0.1, 0.15) is 5.69 Å². The standard InChI is InChI=1S/C13H12N2O4S/c1-3-8-5-10(16)15(6-8)13-14-9(7-20-13)11(17)12(18)19-4-2/h1,7-8H,4-6H2,2H3. The van der Waals surface area contributed by atoms with E-state index in [1.54, 1.807) is 6.92 Å². The molecule has 0 saturated carbocycles. The molecule has 2 heterocycles. The summed E-state index contributed by atoms with van der Waals surface area (Å²) in [5.74, 6) is 0.505. The van der Waals surface area contributed by atoms with Crippen molar-refractivity contribution in [3.05, 3.63) is 11.1 Å². The van der Waals surface area contributed by atoms with Gasteiger partial charge in [0, 0.05) is 24.3 Å². The second-order valence-corrected chi connectivity index (χ2v) is 4.97. The summed E-state index contributed by atoms with van der Waals surface area (Å²) in [5.41, 5.74) is -0.0135. The van der Waals surface area contributed by atoms with E-state index >= 15 is 0 Å². The van der Waals surface area contributed by atoms with E-state index in [2.05, 4.69) is 15.6 Å². The van der Waals surface area contributed by atoms with E-state index in [4.69, 9.17) is 6.42 Å². The molecule has 0 radical (unpaired) electrons. The largest absolute Gasteiger partial charge is 0.460 e. The van der Waals surface area contributed by atoms with Gasteiger partial charge < -0.3 is 4.74 Å². The maximum absolute atomic E-state index is 11.8. The second-order valence-electron chi connectivity index (χ2n) is 4.14. The third-order valence-electron chi connectivity index (χ3n) is 2.78. The number of rotatable bonds is 4. The third kappa shape index (κ3) is 2.70. The highest BCUT2D eigenvalue weighted by atomic mass is 32.1. The van der Waals surface area contributed by atoms with E-state index in [1.807, 2.05) is 0 Å². The van der Waals surface area contributed by atoms with Crippen LogP contribution in [0.5, 0.6) is 0 Å². The molecule has 0 N–H and O–H groups in total. The molecule has 1 fully saturated rings. The molecule has 0 bridgehead atoms. The topological polar surface area (TPSA) is 76.6 Å². The minimum Gasteiger partial charge on any atom is -0.460 e. The van der Waals surface area contributed by atoms with Crippen molar-refractivity contribution in [1.29, 1.82) is 0 Å². The summed E-state index contributed by atoms with van der Waals surface area (Å²) in [7, 11) is 0. The van der Waals surface area contributed by atoms with E-state index in [-0.39, 0.29) is 30.5 Å². The Kier molecular flexibility index (Phi) is 4.15. The van der Waals surface area contributed by atoms with Gasteiger partial charge in [-0.2, -0.15) is 0 Å². The molecular formula is C13H12N2O4S. The van der Waals surface area contributed by atoms with Gasteiger partial charge in [-0.25, -0.2) is 9.78 Å². The predicted octanol–water partition coefficient (Wildman–Crippen LogP) is 0.875. The number of ether oxygens (including phenoxy) is 1. The van der Waals surface area contributed by atoms with Gasteiger partial charge in [-0.15, -0.1) is 23.7 Å². The van der Waals surface area contributed by atoms with Crippen molar-refractivity contribution in [3.63, 3.8) is 0 Å². The molecule has 1 aliphatic rings. The van der Waals surface area contributed by atoms with Gasteiger partial charge in [0.05, 0.1) is 6.61 Å². The second kappa shape index (κ2) is 5.84. The summed E-state index contributed by atoms with van der Waals surface area (Å²) >= 11 is 1.12. The van der Waals surface area contributed by atoms with Gasteiger partial charge in [0.15, 0.2) is 5.13 Å². The minimum absolute atomic E-state index is 0.0135. The number of ketones is 1. The maximum Gasteiger partial charge on any atom is 0.381 e. The van der Waals surface area contributed by atoms with Crippen molar-refractivity contribution in [3.8, 4) is 12.3 Å². The van der Waals surface area contributed by atoms with Crippen LogP contribution in [0.2, 0.25) is 0 Å². The normalized spacial score (nSPS) is 17.9. The first-order valence-corrected chi connectivity index (χ1v) is 6.88. The Morgan fingerprint density at radius 1 is 1.65 bits per heavy atom. The van der Waals surface area contributed by atoms with Gasteiger partial charge in [-0.1, -0.05) is 0 Å². The first-order valence-electron chi connectivity index (χ1n) is 6.00. The lowest BCUT2D eigenvalue weighted by Crippen LogP contribution is -2.24. The van der Waals surface area contributed by atoms with Gasteiger partial charge in [0.2, 0.25) is 5.91 Å². The minimum atomic E-state index is -0.946. The summed E-state index contributed by atoms with van der Waals surface area (Å²) in [5, 5.41) is 1.81. The van der Waals surface area contributed by atoms with Crippen molar-refractivity contribution in [1.82, 2.24) is 4.98 Å². The molecule has 0 spiro atoms. The van der Waals surface area contributed by atoms with Crippen LogP contribution in [0.25, 0.3) is 0 Å². The van der Waals surface area contributed by atoms with Crippen LogP contribution in [-0.2, 0) is 14.3 Å². The summed E-state index contributed by atoms with van der Waals surface area (Å²) in [4.78, 5) is 40.3. The van der Waals surface area contributed by atoms with Crippen LogP contribution in [0.1, 0.15) is 23.8 Å². The number of carbonyl (C=O) groups excluding carboxylic acids is 3. The molecule has 7 heteroatoms. The number of Topliss-reactive ketones (excluding diaryl/α,β-unsaturated/α-hetero) is 1. The molecule has 1 saturated heterocycles. The van der Waals surface area contributed by atoms with Crippen molar-refractivity contribution >= 4 is 34.1 Å². The van der Waals surface area contributed by atoms with Crippen LogP contribution in [-0.4, -0.2) is 35.8 Å². The fourth-order valence-electron chi connectivity index (χ4n) is 1.80. The zero-order valence-electron chi connectivity index (χ0n) is 10.8. The van der Waals surface area contributed by atoms with Gasteiger partial charge >= 0.3 is 5.97 Å². The van der Waals surface area contributed by atoms with E-state index < -0.39 is 11.8 Å². The number of hydrogen-bond acceptors (Lipinski definition) is 6. The maximum atomic E-state index is 11.8. The smallest absolute Gasteiger partial charge is 0.381 e. The quantitative estimate of drug-likeness (QED) is 0.356. The number of aromatic nitrogens is 1. The molecule has 1 aromatic heterocycles. The number of hydrogen-bond donors (Lipinski definition) is 0. The molecule has 6 nitrogen and oxygen atoms in total. The van der Waals surface area contributed by atoms with Crippen LogP contribution < -0.4 is 4.90 Å². The highest BCUT2D eigenvalue weighted by Crippen LogP contribution is 2.27. The summed E-state index contributed by atoms with van der Waals surface area (Å²) in [6, 6.07) is 0. The van der Waals surface area contributed by atoms with Crippen LogP contribution in [0.3, 0.4) is 0 Å². The Labute approximate surface area is 119 Å². The van der Waals surface area contributed by atoms with Gasteiger partial charge in [-0.3, -0.25) is 14.5 Å². The van der Waals surface area contributed by atoms with E-state index in [1.165, 1.54) is 10.3 Å². The molecule has 104 valence electrons. The number of esters is 1. The highest BCUT2D eigenvalue weighted by Gasteiger charge is 2.32. The van der Waals surface area contributed by atoms with Crippen LogP contribution in [0, 0.1) is 18.3 Å². The number of thiazole rings is 1. The van der Waals surface area contributed by atoms with E-state index in [0.717, 1.165) is 11.3 Å². The molecule has 1 amide bonds. The molecular weight excluding hydrogens is 280 g/mol. The lowest BCUT2D eigenvalue weighted by Gasteiger charge is -2.10. The van der Waals surface area contributed by atoms with Crippen molar-refractivity contribution in [2.45, 2.75) is 13.3 Å². The Hall–Kier alpha value is -2.20. The Morgan fingerprint density at radius 2 is 2.40 bits per heavy atom. The molecule has 0 aromatic carbocycles. The van der Waals surface area contributed by atoms with Crippen molar-refractivity contribution < 1.29 is 19.1 Å². The summed E-state index contributed by atoms with van der Waals surface area (Å²) < 4.78 is 4.62. The highest BCUT2D eigenvalue weighted by molar-refractivity contribution is 7.14.